The van der Waals surface area contributed by atoms with Crippen LogP contribution < -0.4 is 5.32 Å². The van der Waals surface area contributed by atoms with Crippen LogP contribution in [0.4, 0.5) is 0 Å². The molecule has 30 heavy (non-hydrogen) atoms. The Hall–Kier alpha value is -1.12. The average Bonchev–Trinajstić information content (AvgIpc) is 3.22. The molecule has 1 atom stereocenters. The molecule has 1 N–H and O–H groups in total. The first kappa shape index (κ1) is 20.8. The third-order valence-electron chi connectivity index (χ3n) is 7.51. The molecule has 1 saturated heterocycles. The van der Waals surface area contributed by atoms with Crippen LogP contribution in [0.5, 0.6) is 0 Å². The highest BCUT2D eigenvalue weighted by Crippen LogP contribution is 2.55. The number of thioether (sulfide) groups is 1. The smallest absolute Gasteiger partial charge is 0.244 e. The summed E-state index contributed by atoms with van der Waals surface area (Å²) in [5.41, 5.74) is 0.0156. The summed E-state index contributed by atoms with van der Waals surface area (Å²) in [5, 5.41) is 3.85. The van der Waals surface area contributed by atoms with E-state index >= 15 is 0 Å². The van der Waals surface area contributed by atoms with Crippen molar-refractivity contribution in [2.75, 3.05) is 13.1 Å². The Kier molecular flexibility index (Phi) is 5.39. The van der Waals surface area contributed by atoms with Crippen molar-refractivity contribution in [1.29, 1.82) is 0 Å². The van der Waals surface area contributed by atoms with Gasteiger partial charge in [-0.2, -0.15) is 4.31 Å². The van der Waals surface area contributed by atoms with Crippen LogP contribution in [-0.4, -0.2) is 47.5 Å². The molecule has 4 aliphatic carbocycles. The molecule has 4 saturated carbocycles. The number of sulfonamides is 1. The van der Waals surface area contributed by atoms with Crippen LogP contribution in [0.25, 0.3) is 0 Å². The van der Waals surface area contributed by atoms with Gasteiger partial charge in [-0.05, 0) is 88.2 Å². The number of hydrogen-bond donors (Lipinski definition) is 1. The first-order valence-electron chi connectivity index (χ1n) is 11.3. The molecule has 1 aromatic heterocycles. The highest BCUT2D eigenvalue weighted by atomic mass is 32.2. The highest BCUT2D eigenvalue weighted by Gasteiger charge is 2.51. The molecule has 2 heterocycles. The predicted molar refractivity (Wildman–Crippen MR) is 117 cm³/mol. The maximum Gasteiger partial charge on any atom is 0.244 e. The van der Waals surface area contributed by atoms with Crippen molar-refractivity contribution in [2.45, 2.75) is 79.0 Å². The molecule has 5 aliphatic rings. The van der Waals surface area contributed by atoms with Crippen molar-refractivity contribution in [2.24, 2.45) is 17.8 Å². The van der Waals surface area contributed by atoms with Gasteiger partial charge < -0.3 is 5.32 Å². The summed E-state index contributed by atoms with van der Waals surface area (Å²) >= 11 is 1.40. The van der Waals surface area contributed by atoms with Crippen molar-refractivity contribution in [3.63, 3.8) is 0 Å². The molecule has 0 spiro atoms. The number of pyridine rings is 1. The van der Waals surface area contributed by atoms with Gasteiger partial charge in [0.1, 0.15) is 4.90 Å². The molecule has 4 bridgehead atoms. The van der Waals surface area contributed by atoms with Crippen LogP contribution in [0.2, 0.25) is 0 Å². The van der Waals surface area contributed by atoms with Crippen LogP contribution in [0, 0.1) is 17.8 Å². The van der Waals surface area contributed by atoms with E-state index < -0.39 is 10.0 Å². The minimum absolute atomic E-state index is 0.0156. The Labute approximate surface area is 183 Å². The molecule has 8 heteroatoms. The van der Waals surface area contributed by atoms with E-state index in [1.807, 2.05) is 6.92 Å². The van der Waals surface area contributed by atoms with Gasteiger partial charge >= 0.3 is 0 Å². The summed E-state index contributed by atoms with van der Waals surface area (Å²) in [6.45, 7) is 3.08. The van der Waals surface area contributed by atoms with Crippen molar-refractivity contribution in [1.82, 2.24) is 14.6 Å². The number of nitrogens with one attached hydrogen (secondary N) is 1. The van der Waals surface area contributed by atoms with Crippen LogP contribution in [0.15, 0.2) is 28.3 Å². The van der Waals surface area contributed by atoms with Crippen molar-refractivity contribution in [3.8, 4) is 0 Å². The van der Waals surface area contributed by atoms with Crippen LogP contribution >= 0.6 is 11.8 Å². The molecule has 6 nitrogen and oxygen atoms in total. The summed E-state index contributed by atoms with van der Waals surface area (Å²) in [5.74, 6) is 2.47. The van der Waals surface area contributed by atoms with E-state index in [0.29, 0.717) is 18.1 Å². The van der Waals surface area contributed by atoms with E-state index in [2.05, 4.69) is 10.3 Å². The van der Waals surface area contributed by atoms with Gasteiger partial charge in [0.15, 0.2) is 0 Å². The summed E-state index contributed by atoms with van der Waals surface area (Å²) in [6, 6.07) is 3.34. The number of aromatic nitrogens is 1. The predicted octanol–water partition coefficient (Wildman–Crippen LogP) is 3.43. The first-order chi connectivity index (χ1) is 14.3. The van der Waals surface area contributed by atoms with E-state index in [4.69, 9.17) is 0 Å². The van der Waals surface area contributed by atoms with Gasteiger partial charge in [-0.15, -0.1) is 0 Å². The SMILES string of the molecule is C[C@H](Sc1ccc(S(=O)(=O)N2CCCC2)cn1)C(=O)NC12CC3CC(CC(C3)C1)C2. The highest BCUT2D eigenvalue weighted by molar-refractivity contribution is 8.00. The Morgan fingerprint density at radius 3 is 2.27 bits per heavy atom. The fourth-order valence-electron chi connectivity index (χ4n) is 6.53. The molecule has 0 unspecified atom stereocenters. The number of carbonyl (C=O) groups excluding carboxylic acids is 1. The number of rotatable bonds is 6. The summed E-state index contributed by atoms with van der Waals surface area (Å²) in [7, 11) is -3.45. The molecule has 1 amide bonds. The summed E-state index contributed by atoms with van der Waals surface area (Å²) in [6.07, 6.45) is 10.8. The van der Waals surface area contributed by atoms with E-state index in [1.165, 1.54) is 41.5 Å². The zero-order valence-corrected chi connectivity index (χ0v) is 19.2. The van der Waals surface area contributed by atoms with Crippen molar-refractivity contribution in [3.05, 3.63) is 18.3 Å². The molecule has 0 radical (unpaired) electrons. The lowest BCUT2D eigenvalue weighted by Gasteiger charge is -2.57. The Morgan fingerprint density at radius 1 is 1.13 bits per heavy atom. The van der Waals surface area contributed by atoms with Gasteiger partial charge in [0.2, 0.25) is 15.9 Å². The van der Waals surface area contributed by atoms with Crippen molar-refractivity contribution < 1.29 is 13.2 Å². The molecule has 0 aromatic carbocycles. The molecule has 6 rings (SSSR count). The minimum atomic E-state index is -3.45. The topological polar surface area (TPSA) is 79.4 Å². The molecule has 164 valence electrons. The second-order valence-corrected chi connectivity index (χ2v) is 13.2. The average molecular weight is 450 g/mol. The van der Waals surface area contributed by atoms with E-state index in [-0.39, 0.29) is 21.6 Å². The number of amides is 1. The quantitative estimate of drug-likeness (QED) is 0.673. The number of hydrogen-bond acceptors (Lipinski definition) is 5. The van der Waals surface area contributed by atoms with Crippen LogP contribution in [0.3, 0.4) is 0 Å². The largest absolute Gasteiger partial charge is 0.350 e. The molecule has 1 aliphatic heterocycles. The van der Waals surface area contributed by atoms with E-state index in [1.54, 1.807) is 12.1 Å². The number of nitrogens with zero attached hydrogens (tertiary/aromatic N) is 2. The lowest BCUT2D eigenvalue weighted by Crippen LogP contribution is -2.60. The van der Waals surface area contributed by atoms with Gasteiger partial charge in [0.05, 0.1) is 10.3 Å². The van der Waals surface area contributed by atoms with Crippen LogP contribution in [0.1, 0.15) is 58.3 Å². The van der Waals surface area contributed by atoms with Gasteiger partial charge in [-0.25, -0.2) is 13.4 Å². The second kappa shape index (κ2) is 7.78. The van der Waals surface area contributed by atoms with E-state index in [0.717, 1.165) is 49.9 Å². The van der Waals surface area contributed by atoms with Crippen LogP contribution in [-0.2, 0) is 14.8 Å². The van der Waals surface area contributed by atoms with Gasteiger partial charge in [0.25, 0.3) is 0 Å². The van der Waals surface area contributed by atoms with Gasteiger partial charge in [-0.1, -0.05) is 11.8 Å². The standard InChI is InChI=1S/C22H31N3O3S2/c1-15(21(26)24-22-11-16-8-17(12-22)10-18(9-16)13-22)29-20-5-4-19(14-23-20)30(27,28)25-6-2-3-7-25/h4-5,14-18H,2-3,6-13H2,1H3,(H,24,26)/t15-,16?,17?,18?,22?/m0/s1. The Morgan fingerprint density at radius 2 is 1.73 bits per heavy atom. The third kappa shape index (κ3) is 3.91. The number of carbonyl (C=O) groups is 1. The maximum absolute atomic E-state index is 13.0. The lowest BCUT2D eigenvalue weighted by molar-refractivity contribution is -0.126. The molecule has 1 aromatic rings. The van der Waals surface area contributed by atoms with Gasteiger partial charge in [-0.3, -0.25) is 4.79 Å². The fourth-order valence-corrected chi connectivity index (χ4v) is 8.78. The zero-order chi connectivity index (χ0) is 20.9. The Balaban J connectivity index is 1.21. The lowest BCUT2D eigenvalue weighted by atomic mass is 9.53. The normalized spacial score (nSPS) is 34.2. The summed E-state index contributed by atoms with van der Waals surface area (Å²) < 4.78 is 26.8. The Bertz CT molecular complexity index is 875. The molecule has 5 fully saturated rings. The summed E-state index contributed by atoms with van der Waals surface area (Å²) in [4.78, 5) is 17.5. The van der Waals surface area contributed by atoms with Crippen molar-refractivity contribution >= 4 is 27.7 Å². The fraction of sp³-hybridized carbons (Fsp3) is 0.727. The molecular formula is C22H31N3O3S2. The van der Waals surface area contributed by atoms with Gasteiger partial charge in [0, 0.05) is 24.8 Å². The third-order valence-corrected chi connectivity index (χ3v) is 10.4. The molecular weight excluding hydrogens is 418 g/mol. The monoisotopic (exact) mass is 449 g/mol. The zero-order valence-electron chi connectivity index (χ0n) is 17.5. The maximum atomic E-state index is 13.0. The van der Waals surface area contributed by atoms with E-state index in [9.17, 15) is 13.2 Å². The second-order valence-electron chi connectivity index (χ2n) is 9.89. The first-order valence-corrected chi connectivity index (χ1v) is 13.6. The minimum Gasteiger partial charge on any atom is -0.350 e.